The molecule has 1 fully saturated rings. The Morgan fingerprint density at radius 3 is 2.80 bits per heavy atom. The Kier molecular flexibility index (Phi) is 6.79. The fourth-order valence-corrected chi connectivity index (χ4v) is 3.35. The highest BCUT2D eigenvalue weighted by Crippen LogP contribution is 2.26. The molecule has 8 heteroatoms. The minimum atomic E-state index is -0.515. The highest BCUT2D eigenvalue weighted by Gasteiger charge is 2.12. The summed E-state index contributed by atoms with van der Waals surface area (Å²) in [6, 6.07) is 15.0. The molecule has 0 saturated carbocycles. The van der Waals surface area contributed by atoms with Crippen molar-refractivity contribution >= 4 is 28.6 Å². The van der Waals surface area contributed by atoms with Gasteiger partial charge in [-0.2, -0.15) is 0 Å². The molecule has 4 rings (SSSR count). The number of amides is 1. The van der Waals surface area contributed by atoms with E-state index in [4.69, 9.17) is 14.0 Å². The van der Waals surface area contributed by atoms with Crippen molar-refractivity contribution in [3.63, 3.8) is 0 Å². The first-order valence-corrected chi connectivity index (χ1v) is 10.2. The topological polar surface area (TPSA) is 88.9 Å². The van der Waals surface area contributed by atoms with Gasteiger partial charge in [0.15, 0.2) is 11.4 Å². The van der Waals surface area contributed by atoms with Crippen LogP contribution in [0.15, 0.2) is 53.1 Å². The van der Waals surface area contributed by atoms with Crippen LogP contribution in [0.25, 0.3) is 11.0 Å². The van der Waals surface area contributed by atoms with Crippen LogP contribution in [-0.4, -0.2) is 55.5 Å². The van der Waals surface area contributed by atoms with E-state index in [-0.39, 0.29) is 6.61 Å². The van der Waals surface area contributed by atoms with Crippen LogP contribution in [0.3, 0.4) is 0 Å². The van der Waals surface area contributed by atoms with E-state index in [1.54, 1.807) is 6.07 Å². The number of hydrogen-bond acceptors (Lipinski definition) is 7. The van der Waals surface area contributed by atoms with E-state index in [9.17, 15) is 4.79 Å². The molecule has 2 aromatic carbocycles. The van der Waals surface area contributed by atoms with Gasteiger partial charge in [0.2, 0.25) is 0 Å². The van der Waals surface area contributed by atoms with Gasteiger partial charge in [-0.25, -0.2) is 4.79 Å². The predicted octanol–water partition coefficient (Wildman–Crippen LogP) is 3.71. The van der Waals surface area contributed by atoms with Crippen LogP contribution >= 0.6 is 0 Å². The first-order chi connectivity index (χ1) is 14.8. The molecule has 0 spiro atoms. The number of nitrogens with zero attached hydrogens (tertiary/aromatic N) is 2. The van der Waals surface area contributed by atoms with Gasteiger partial charge in [0, 0.05) is 31.4 Å². The van der Waals surface area contributed by atoms with Gasteiger partial charge in [0.1, 0.15) is 6.61 Å². The summed E-state index contributed by atoms with van der Waals surface area (Å²) in [6.07, 6.45) is 0.500. The molecule has 158 valence electrons. The van der Waals surface area contributed by atoms with E-state index >= 15 is 0 Å². The molecular weight excluding hydrogens is 384 g/mol. The molecule has 0 unspecified atom stereocenters. The van der Waals surface area contributed by atoms with E-state index in [1.165, 1.54) is 0 Å². The van der Waals surface area contributed by atoms with Crippen LogP contribution in [-0.2, 0) is 16.1 Å². The number of aromatic nitrogens is 1. The first kappa shape index (κ1) is 20.2. The second-order valence-electron chi connectivity index (χ2n) is 7.16. The summed E-state index contributed by atoms with van der Waals surface area (Å²) < 4.78 is 16.0. The molecule has 1 aliphatic heterocycles. The van der Waals surface area contributed by atoms with Crippen molar-refractivity contribution < 1.29 is 18.8 Å². The number of anilines is 2. The van der Waals surface area contributed by atoms with E-state index in [2.05, 4.69) is 20.7 Å². The molecule has 0 bridgehead atoms. The maximum atomic E-state index is 12.0. The largest absolute Gasteiger partial charge is 0.444 e. The van der Waals surface area contributed by atoms with Crippen LogP contribution < -0.4 is 10.6 Å². The molecule has 1 saturated heterocycles. The number of nitrogens with one attached hydrogen (secondary N) is 2. The molecule has 0 atom stereocenters. The molecule has 3 aromatic rings. The third kappa shape index (κ3) is 5.49. The molecule has 0 aliphatic carbocycles. The lowest BCUT2D eigenvalue weighted by atomic mass is 10.2. The van der Waals surface area contributed by atoms with Gasteiger partial charge in [-0.05, 0) is 30.7 Å². The highest BCUT2D eigenvalue weighted by atomic mass is 16.5. The van der Waals surface area contributed by atoms with Gasteiger partial charge in [-0.15, -0.1) is 0 Å². The van der Waals surface area contributed by atoms with Crippen molar-refractivity contribution in [2.75, 3.05) is 50.0 Å². The van der Waals surface area contributed by atoms with Gasteiger partial charge >= 0.3 is 6.09 Å². The van der Waals surface area contributed by atoms with Gasteiger partial charge < -0.3 is 19.3 Å². The Morgan fingerprint density at radius 2 is 1.97 bits per heavy atom. The summed E-state index contributed by atoms with van der Waals surface area (Å²) in [6.45, 7) is 5.69. The second kappa shape index (κ2) is 10.1. The number of carbonyl (C=O) groups is 1. The lowest BCUT2D eigenvalue weighted by Gasteiger charge is -2.26. The van der Waals surface area contributed by atoms with E-state index in [0.29, 0.717) is 17.1 Å². The van der Waals surface area contributed by atoms with Crippen LogP contribution in [0.2, 0.25) is 0 Å². The molecule has 30 heavy (non-hydrogen) atoms. The Morgan fingerprint density at radius 1 is 1.13 bits per heavy atom. The number of hydrogen-bond donors (Lipinski definition) is 2. The van der Waals surface area contributed by atoms with Gasteiger partial charge in [-0.1, -0.05) is 35.5 Å². The first-order valence-electron chi connectivity index (χ1n) is 10.2. The Bertz CT molecular complexity index is 954. The smallest absolute Gasteiger partial charge is 0.411 e. The molecule has 2 N–H and O–H groups in total. The summed E-state index contributed by atoms with van der Waals surface area (Å²) in [7, 11) is 0. The standard InChI is InChI=1S/C22H26N4O4/c27-22(29-16-17-5-2-1-3-6-17)24-18-7-8-19-20(15-18)30-25-21(19)23-9-4-10-26-11-13-28-14-12-26/h1-3,5-8,15H,4,9-14,16H2,(H,23,25)(H,24,27). The monoisotopic (exact) mass is 410 g/mol. The Labute approximate surface area is 175 Å². The van der Waals surface area contributed by atoms with Crippen LogP contribution in [0, 0.1) is 0 Å². The molecule has 1 aliphatic rings. The second-order valence-corrected chi connectivity index (χ2v) is 7.16. The molecule has 1 aromatic heterocycles. The summed E-state index contributed by atoms with van der Waals surface area (Å²) >= 11 is 0. The van der Waals surface area contributed by atoms with Crippen molar-refractivity contribution in [3.05, 3.63) is 54.1 Å². The third-order valence-electron chi connectivity index (χ3n) is 4.98. The predicted molar refractivity (Wildman–Crippen MR) is 115 cm³/mol. The number of benzene rings is 2. The average molecular weight is 410 g/mol. The molecule has 2 heterocycles. The fraction of sp³-hybridized carbons (Fsp3) is 0.364. The van der Waals surface area contributed by atoms with Crippen molar-refractivity contribution in [1.29, 1.82) is 0 Å². The van der Waals surface area contributed by atoms with E-state index in [1.807, 2.05) is 42.5 Å². The lowest BCUT2D eigenvalue weighted by molar-refractivity contribution is 0.0378. The minimum Gasteiger partial charge on any atom is -0.444 e. The lowest BCUT2D eigenvalue weighted by Crippen LogP contribution is -2.37. The fourth-order valence-electron chi connectivity index (χ4n) is 3.35. The molecule has 1 amide bonds. The number of rotatable bonds is 8. The van der Waals surface area contributed by atoms with Crippen LogP contribution in [0.1, 0.15) is 12.0 Å². The van der Waals surface area contributed by atoms with Gasteiger partial charge in [-0.3, -0.25) is 10.2 Å². The Balaban J connectivity index is 1.25. The van der Waals surface area contributed by atoms with Crippen LogP contribution in [0.4, 0.5) is 16.3 Å². The molecule has 8 nitrogen and oxygen atoms in total. The summed E-state index contributed by atoms with van der Waals surface area (Å²) in [5.74, 6) is 0.713. The summed E-state index contributed by atoms with van der Waals surface area (Å²) in [4.78, 5) is 14.4. The van der Waals surface area contributed by atoms with Crippen molar-refractivity contribution in [2.45, 2.75) is 13.0 Å². The number of ether oxygens (including phenoxy) is 2. The Hall–Kier alpha value is -3.10. The van der Waals surface area contributed by atoms with Gasteiger partial charge in [0.05, 0.1) is 18.6 Å². The quantitative estimate of drug-likeness (QED) is 0.547. The zero-order valence-corrected chi connectivity index (χ0v) is 16.8. The third-order valence-corrected chi connectivity index (χ3v) is 4.98. The van der Waals surface area contributed by atoms with E-state index < -0.39 is 6.09 Å². The minimum absolute atomic E-state index is 0.218. The number of morpholine rings is 1. The highest BCUT2D eigenvalue weighted by molar-refractivity contribution is 5.93. The molecule has 0 radical (unpaired) electrons. The zero-order valence-electron chi connectivity index (χ0n) is 16.8. The van der Waals surface area contributed by atoms with Crippen molar-refractivity contribution in [1.82, 2.24) is 10.1 Å². The van der Waals surface area contributed by atoms with Crippen molar-refractivity contribution in [2.24, 2.45) is 0 Å². The maximum Gasteiger partial charge on any atom is 0.411 e. The average Bonchev–Trinajstić information content (AvgIpc) is 3.19. The maximum absolute atomic E-state index is 12.0. The normalized spacial score (nSPS) is 14.5. The van der Waals surface area contributed by atoms with Crippen molar-refractivity contribution in [3.8, 4) is 0 Å². The van der Waals surface area contributed by atoms with Crippen LogP contribution in [0.5, 0.6) is 0 Å². The SMILES string of the molecule is O=C(Nc1ccc2c(NCCCN3CCOCC3)noc2c1)OCc1ccccc1. The summed E-state index contributed by atoms with van der Waals surface area (Å²) in [5, 5.41) is 11.0. The van der Waals surface area contributed by atoms with E-state index in [0.717, 1.165) is 56.8 Å². The zero-order chi connectivity index (χ0) is 20.6. The summed E-state index contributed by atoms with van der Waals surface area (Å²) in [5.41, 5.74) is 2.13. The van der Waals surface area contributed by atoms with Gasteiger partial charge in [0.25, 0.3) is 0 Å². The number of carbonyl (C=O) groups excluding carboxylic acids is 1. The molecular formula is C22H26N4O4. The number of fused-ring (bicyclic) bond motifs is 1.